The molecule has 0 fully saturated rings. The molecule has 1 rings (SSSR count). The Morgan fingerprint density at radius 1 is 1.15 bits per heavy atom. The molecule has 0 aliphatic rings. The first-order valence-electron chi connectivity index (χ1n) is 3.57. The Morgan fingerprint density at radius 2 is 1.54 bits per heavy atom. The Morgan fingerprint density at radius 3 is 1.85 bits per heavy atom. The number of aromatic hydroxyl groups is 2. The number of carbonyl (C=O) groups is 1. The first-order valence-corrected chi connectivity index (χ1v) is 3.57. The van der Waals surface area contributed by atoms with E-state index in [0.29, 0.717) is 0 Å². The summed E-state index contributed by atoms with van der Waals surface area (Å²) in [5.41, 5.74) is -0.120. The number of hydrogen-bond acceptors (Lipinski definition) is 4. The number of aromatic nitrogens is 1. The van der Waals surface area contributed by atoms with E-state index in [1.165, 1.54) is 13.8 Å². The van der Waals surface area contributed by atoms with Crippen LogP contribution in [0.15, 0.2) is 0 Å². The fourth-order valence-corrected chi connectivity index (χ4v) is 1.03. The molecule has 0 bridgehead atoms. The molecule has 0 atom stereocenters. The van der Waals surface area contributed by atoms with Crippen molar-refractivity contribution >= 4 is 5.97 Å². The van der Waals surface area contributed by atoms with Gasteiger partial charge in [0.15, 0.2) is 11.5 Å². The third-order valence-electron chi connectivity index (χ3n) is 1.71. The van der Waals surface area contributed by atoms with Crippen LogP contribution >= 0.6 is 0 Å². The maximum Gasteiger partial charge on any atom is 0.343 e. The van der Waals surface area contributed by atoms with Crippen molar-refractivity contribution in [3.63, 3.8) is 0 Å². The molecule has 5 heteroatoms. The van der Waals surface area contributed by atoms with Gasteiger partial charge in [-0.15, -0.1) is 0 Å². The average Bonchev–Trinajstić information content (AvgIpc) is 2.01. The molecule has 0 aromatic carbocycles. The second-order valence-electron chi connectivity index (χ2n) is 2.66. The molecule has 1 heterocycles. The number of aromatic carboxylic acids is 1. The maximum atomic E-state index is 10.6. The van der Waals surface area contributed by atoms with E-state index >= 15 is 0 Å². The fraction of sp³-hybridized carbons (Fsp3) is 0.250. The zero-order valence-electron chi connectivity index (χ0n) is 7.20. The number of hydrogen-bond donors (Lipinski definition) is 3. The molecule has 3 N–H and O–H groups in total. The quantitative estimate of drug-likeness (QED) is 0.599. The Labute approximate surface area is 74.3 Å². The molecular weight excluding hydrogens is 174 g/mol. The lowest BCUT2D eigenvalue weighted by atomic mass is 10.1. The van der Waals surface area contributed by atoms with Gasteiger partial charge >= 0.3 is 5.97 Å². The molecular formula is C8H9NO4. The van der Waals surface area contributed by atoms with Crippen LogP contribution in [-0.2, 0) is 0 Å². The second-order valence-corrected chi connectivity index (χ2v) is 2.66. The van der Waals surface area contributed by atoms with E-state index in [4.69, 9.17) is 5.11 Å². The average molecular weight is 183 g/mol. The molecule has 0 saturated heterocycles. The molecule has 0 amide bonds. The first kappa shape index (κ1) is 9.31. The van der Waals surface area contributed by atoms with Gasteiger partial charge in [0.25, 0.3) is 0 Å². The molecule has 0 spiro atoms. The molecule has 1 aromatic rings. The predicted molar refractivity (Wildman–Crippen MR) is 44.0 cm³/mol. The molecule has 0 radical (unpaired) electrons. The van der Waals surface area contributed by atoms with Gasteiger partial charge in [-0.2, -0.15) is 0 Å². The van der Waals surface area contributed by atoms with Crippen molar-refractivity contribution in [1.29, 1.82) is 0 Å². The highest BCUT2D eigenvalue weighted by Gasteiger charge is 2.20. The van der Waals surface area contributed by atoms with Crippen LogP contribution in [0.1, 0.15) is 21.7 Å². The van der Waals surface area contributed by atoms with E-state index in [9.17, 15) is 15.0 Å². The summed E-state index contributed by atoms with van der Waals surface area (Å²) in [4.78, 5) is 14.4. The second kappa shape index (κ2) is 2.93. The van der Waals surface area contributed by atoms with E-state index in [0.717, 1.165) is 0 Å². The van der Waals surface area contributed by atoms with E-state index < -0.39 is 23.0 Å². The van der Waals surface area contributed by atoms with E-state index in [2.05, 4.69) is 4.98 Å². The van der Waals surface area contributed by atoms with Crippen molar-refractivity contribution < 1.29 is 20.1 Å². The van der Waals surface area contributed by atoms with E-state index in [1.54, 1.807) is 0 Å². The van der Waals surface area contributed by atoms with Gasteiger partial charge in [0, 0.05) is 0 Å². The summed E-state index contributed by atoms with van der Waals surface area (Å²) in [6.45, 7) is 2.93. The first-order chi connectivity index (χ1) is 5.95. The molecule has 70 valence electrons. The van der Waals surface area contributed by atoms with Crippen LogP contribution in [0.4, 0.5) is 0 Å². The molecule has 0 aliphatic heterocycles. The fourth-order valence-electron chi connectivity index (χ4n) is 1.03. The number of carboxylic acids is 1. The van der Waals surface area contributed by atoms with Gasteiger partial charge < -0.3 is 15.3 Å². The number of aryl methyl sites for hydroxylation is 2. The monoisotopic (exact) mass is 183 g/mol. The van der Waals surface area contributed by atoms with Crippen LogP contribution in [0.2, 0.25) is 0 Å². The number of carboxylic acid groups (broad SMARTS) is 1. The molecule has 5 nitrogen and oxygen atoms in total. The largest absolute Gasteiger partial charge is 0.505 e. The summed E-state index contributed by atoms with van der Waals surface area (Å²) in [6, 6.07) is 0. The zero-order chi connectivity index (χ0) is 10.2. The Balaban J connectivity index is 3.56. The lowest BCUT2D eigenvalue weighted by Gasteiger charge is -2.07. The van der Waals surface area contributed by atoms with Crippen molar-refractivity contribution in [3.05, 3.63) is 17.0 Å². The van der Waals surface area contributed by atoms with Gasteiger partial charge in [-0.25, -0.2) is 4.79 Å². The highest BCUT2D eigenvalue weighted by atomic mass is 16.4. The summed E-state index contributed by atoms with van der Waals surface area (Å²) in [6.07, 6.45) is 0. The summed E-state index contributed by atoms with van der Waals surface area (Å²) < 4.78 is 0. The van der Waals surface area contributed by atoms with Crippen LogP contribution < -0.4 is 0 Å². The van der Waals surface area contributed by atoms with Crippen molar-refractivity contribution in [2.45, 2.75) is 13.8 Å². The Bertz CT molecular complexity index is 347. The molecule has 13 heavy (non-hydrogen) atoms. The van der Waals surface area contributed by atoms with Crippen molar-refractivity contribution in [2.75, 3.05) is 0 Å². The topological polar surface area (TPSA) is 90.7 Å². The van der Waals surface area contributed by atoms with Gasteiger partial charge in [-0.3, -0.25) is 4.98 Å². The maximum absolute atomic E-state index is 10.6. The lowest BCUT2D eigenvalue weighted by Crippen LogP contribution is -2.02. The van der Waals surface area contributed by atoms with Crippen molar-refractivity contribution in [1.82, 2.24) is 4.98 Å². The summed E-state index contributed by atoms with van der Waals surface area (Å²) >= 11 is 0. The minimum atomic E-state index is -1.37. The van der Waals surface area contributed by atoms with Gasteiger partial charge in [0.2, 0.25) is 0 Å². The van der Waals surface area contributed by atoms with Crippen LogP contribution in [-0.4, -0.2) is 26.3 Å². The molecule has 1 aromatic heterocycles. The van der Waals surface area contributed by atoms with E-state index in [1.807, 2.05) is 0 Å². The third-order valence-corrected chi connectivity index (χ3v) is 1.71. The predicted octanol–water partition coefficient (Wildman–Crippen LogP) is 0.808. The number of pyridine rings is 1. The Hall–Kier alpha value is -1.78. The SMILES string of the molecule is Cc1nc(C)c(O)c(C(=O)O)c1O. The highest BCUT2D eigenvalue weighted by Crippen LogP contribution is 2.30. The lowest BCUT2D eigenvalue weighted by molar-refractivity contribution is 0.0689. The van der Waals surface area contributed by atoms with E-state index in [-0.39, 0.29) is 11.4 Å². The smallest absolute Gasteiger partial charge is 0.343 e. The van der Waals surface area contributed by atoms with Crippen LogP contribution in [0.3, 0.4) is 0 Å². The van der Waals surface area contributed by atoms with Gasteiger partial charge in [-0.05, 0) is 13.8 Å². The Kier molecular flexibility index (Phi) is 2.10. The van der Waals surface area contributed by atoms with Crippen LogP contribution in [0.5, 0.6) is 11.5 Å². The summed E-state index contributed by atoms with van der Waals surface area (Å²) in [7, 11) is 0. The summed E-state index contributed by atoms with van der Waals surface area (Å²) in [5, 5.41) is 27.2. The van der Waals surface area contributed by atoms with Gasteiger partial charge in [0.05, 0.1) is 11.4 Å². The van der Waals surface area contributed by atoms with Crippen LogP contribution in [0, 0.1) is 13.8 Å². The third kappa shape index (κ3) is 1.40. The van der Waals surface area contributed by atoms with Crippen molar-refractivity contribution in [2.24, 2.45) is 0 Å². The van der Waals surface area contributed by atoms with Gasteiger partial charge in [0.1, 0.15) is 5.56 Å². The highest BCUT2D eigenvalue weighted by molar-refractivity contribution is 5.94. The van der Waals surface area contributed by atoms with Crippen molar-refractivity contribution in [3.8, 4) is 11.5 Å². The number of nitrogens with zero attached hydrogens (tertiary/aromatic N) is 1. The number of rotatable bonds is 1. The molecule has 0 saturated carbocycles. The summed E-state index contributed by atoms with van der Waals surface area (Å²) in [5.74, 6) is -2.35. The normalized spacial score (nSPS) is 10.0. The molecule has 0 unspecified atom stereocenters. The molecule has 0 aliphatic carbocycles. The minimum absolute atomic E-state index is 0.188. The minimum Gasteiger partial charge on any atom is -0.505 e. The standard InChI is InChI=1S/C8H9NO4/c1-3-6(10)5(8(12)13)7(11)4(2)9-3/h10-11H,1-2H3,(H,12,13). The van der Waals surface area contributed by atoms with Crippen LogP contribution in [0.25, 0.3) is 0 Å². The van der Waals surface area contributed by atoms with Gasteiger partial charge in [-0.1, -0.05) is 0 Å². The zero-order valence-corrected chi connectivity index (χ0v) is 7.20.